The number of likely N-dealkylation sites (tertiary alicyclic amines) is 1. The molecule has 2 aliphatic rings. The Hall–Kier alpha value is -1.26. The highest BCUT2D eigenvalue weighted by molar-refractivity contribution is 6.35. The number of fused-ring (bicyclic) bond motifs is 1. The first-order valence-corrected chi connectivity index (χ1v) is 9.75. The van der Waals surface area contributed by atoms with Crippen molar-refractivity contribution in [2.24, 2.45) is 0 Å². The number of benzene rings is 2. The molecule has 1 aliphatic carbocycles. The van der Waals surface area contributed by atoms with Crippen LogP contribution >= 0.6 is 23.2 Å². The zero-order chi connectivity index (χ0) is 18.5. The molecule has 0 aromatic heterocycles. The summed E-state index contributed by atoms with van der Waals surface area (Å²) in [4.78, 5) is 2.38. The fourth-order valence-electron chi connectivity index (χ4n) is 4.28. The third-order valence-electron chi connectivity index (χ3n) is 5.44. The van der Waals surface area contributed by atoms with Crippen LogP contribution in [0.3, 0.4) is 0 Å². The summed E-state index contributed by atoms with van der Waals surface area (Å²) in [6.07, 6.45) is 2.15. The van der Waals surface area contributed by atoms with E-state index in [1.54, 1.807) is 0 Å². The van der Waals surface area contributed by atoms with E-state index < -0.39 is 5.60 Å². The molecule has 3 nitrogen and oxygen atoms in total. The minimum atomic E-state index is -0.534. The molecule has 1 aliphatic heterocycles. The molecule has 4 rings (SSSR count). The van der Waals surface area contributed by atoms with Gasteiger partial charge in [-0.3, -0.25) is 4.90 Å². The van der Waals surface area contributed by atoms with Crippen LogP contribution in [0.1, 0.15) is 41.6 Å². The number of hydrogen-bond donors (Lipinski definition) is 1. The summed E-state index contributed by atoms with van der Waals surface area (Å²) >= 11 is 12.5. The van der Waals surface area contributed by atoms with Gasteiger partial charge in [-0.1, -0.05) is 29.3 Å². The first-order valence-electron chi connectivity index (χ1n) is 8.99. The molecular weight excluding hydrogens is 369 g/mol. The lowest BCUT2D eigenvalue weighted by atomic mass is 9.91. The van der Waals surface area contributed by atoms with Crippen molar-refractivity contribution in [2.45, 2.75) is 44.9 Å². The molecular formula is C21H23Cl2NO2. The standard InChI is InChI=1S/C21H23Cl2NO2/c1-13-8-15(26-10-16-17(22)4-3-5-18(16)23)9-14-6-7-19(20(13)14)24-11-21(2,25)12-24/h3-5,8-9,19,25H,6-7,10-12H2,1-2H3/t19-/m0/s1. The van der Waals surface area contributed by atoms with Crippen molar-refractivity contribution in [2.75, 3.05) is 13.1 Å². The molecule has 0 radical (unpaired) electrons. The highest BCUT2D eigenvalue weighted by Gasteiger charge is 2.43. The van der Waals surface area contributed by atoms with Gasteiger partial charge in [-0.05, 0) is 67.6 Å². The smallest absolute Gasteiger partial charge is 0.120 e. The average molecular weight is 392 g/mol. The van der Waals surface area contributed by atoms with Crippen molar-refractivity contribution in [3.63, 3.8) is 0 Å². The van der Waals surface area contributed by atoms with Crippen molar-refractivity contribution in [1.82, 2.24) is 4.90 Å². The first kappa shape index (κ1) is 18.1. The van der Waals surface area contributed by atoms with Crippen molar-refractivity contribution in [3.8, 4) is 5.75 Å². The largest absolute Gasteiger partial charge is 0.489 e. The Balaban J connectivity index is 1.51. The number of β-amino-alcohol motifs (C(OH)–C–C–N with tert-alkyl or cyclic N) is 1. The molecule has 0 unspecified atom stereocenters. The second-order valence-electron chi connectivity index (χ2n) is 7.76. The summed E-state index contributed by atoms with van der Waals surface area (Å²) in [5, 5.41) is 11.3. The third kappa shape index (κ3) is 3.34. The maximum atomic E-state index is 10.0. The summed E-state index contributed by atoms with van der Waals surface area (Å²) in [6, 6.07) is 10.1. The van der Waals surface area contributed by atoms with E-state index in [-0.39, 0.29) is 0 Å². The number of hydrogen-bond acceptors (Lipinski definition) is 3. The zero-order valence-electron chi connectivity index (χ0n) is 15.1. The molecule has 5 heteroatoms. The van der Waals surface area contributed by atoms with Crippen LogP contribution in [0.15, 0.2) is 30.3 Å². The molecule has 0 spiro atoms. The lowest BCUT2D eigenvalue weighted by molar-refractivity contribution is -0.103. The van der Waals surface area contributed by atoms with Gasteiger partial charge >= 0.3 is 0 Å². The Labute approximate surface area is 164 Å². The van der Waals surface area contributed by atoms with Gasteiger partial charge in [0.2, 0.25) is 0 Å². The van der Waals surface area contributed by atoms with Gasteiger partial charge < -0.3 is 9.84 Å². The van der Waals surface area contributed by atoms with Crippen molar-refractivity contribution in [3.05, 3.63) is 62.6 Å². The Bertz CT molecular complexity index is 822. The number of ether oxygens (including phenoxy) is 1. The van der Waals surface area contributed by atoms with Crippen LogP contribution in [0.25, 0.3) is 0 Å². The van der Waals surface area contributed by atoms with Gasteiger partial charge in [0.25, 0.3) is 0 Å². The van der Waals surface area contributed by atoms with Crippen LogP contribution in [-0.2, 0) is 13.0 Å². The number of halogens is 2. The quantitative estimate of drug-likeness (QED) is 0.801. The Morgan fingerprint density at radius 1 is 1.23 bits per heavy atom. The van der Waals surface area contributed by atoms with Gasteiger partial charge in [0, 0.05) is 34.7 Å². The van der Waals surface area contributed by atoms with Crippen LogP contribution in [-0.4, -0.2) is 28.7 Å². The summed E-state index contributed by atoms with van der Waals surface area (Å²) < 4.78 is 6.01. The molecule has 1 atom stereocenters. The highest BCUT2D eigenvalue weighted by atomic mass is 35.5. The van der Waals surface area contributed by atoms with Crippen LogP contribution in [0.5, 0.6) is 5.75 Å². The van der Waals surface area contributed by atoms with E-state index in [2.05, 4.69) is 24.0 Å². The van der Waals surface area contributed by atoms with Gasteiger partial charge in [-0.2, -0.15) is 0 Å². The van der Waals surface area contributed by atoms with E-state index in [1.807, 2.05) is 25.1 Å². The van der Waals surface area contributed by atoms with Crippen molar-refractivity contribution < 1.29 is 9.84 Å². The Kier molecular flexibility index (Phi) is 4.68. The summed E-state index contributed by atoms with van der Waals surface area (Å²) in [6.45, 7) is 5.90. The lowest BCUT2D eigenvalue weighted by Gasteiger charge is -2.48. The highest BCUT2D eigenvalue weighted by Crippen LogP contribution is 2.43. The molecule has 138 valence electrons. The SMILES string of the molecule is Cc1cc(OCc2c(Cl)cccc2Cl)cc2c1[C@@H](N1CC(C)(O)C1)CC2. The third-order valence-corrected chi connectivity index (χ3v) is 6.15. The maximum absolute atomic E-state index is 10.0. The lowest BCUT2D eigenvalue weighted by Crippen LogP contribution is -2.60. The molecule has 2 aromatic rings. The van der Waals surface area contributed by atoms with E-state index in [0.717, 1.165) is 37.2 Å². The molecule has 1 fully saturated rings. The summed E-state index contributed by atoms with van der Waals surface area (Å²) in [7, 11) is 0. The molecule has 1 heterocycles. The number of aliphatic hydroxyl groups is 1. The predicted molar refractivity (Wildman–Crippen MR) is 105 cm³/mol. The molecule has 0 saturated carbocycles. The van der Waals surface area contributed by atoms with Crippen molar-refractivity contribution in [1.29, 1.82) is 0 Å². The van der Waals surface area contributed by atoms with E-state index >= 15 is 0 Å². The first-order chi connectivity index (χ1) is 12.3. The molecule has 0 amide bonds. The van der Waals surface area contributed by atoms with Crippen LogP contribution in [0.2, 0.25) is 10.0 Å². The van der Waals surface area contributed by atoms with E-state index in [9.17, 15) is 5.11 Å². The number of aryl methyl sites for hydroxylation is 2. The Morgan fingerprint density at radius 3 is 2.58 bits per heavy atom. The average Bonchev–Trinajstić information content (AvgIpc) is 2.96. The second kappa shape index (κ2) is 6.72. The minimum Gasteiger partial charge on any atom is -0.489 e. The van der Waals surface area contributed by atoms with Gasteiger partial charge in [0.05, 0.1) is 5.60 Å². The van der Waals surface area contributed by atoms with Gasteiger partial charge in [0.15, 0.2) is 0 Å². The normalized spacial score (nSPS) is 21.3. The van der Waals surface area contributed by atoms with Gasteiger partial charge in [-0.15, -0.1) is 0 Å². The minimum absolute atomic E-state index is 0.356. The molecule has 2 aromatic carbocycles. The predicted octanol–water partition coefficient (Wildman–Crippen LogP) is 4.93. The molecule has 1 N–H and O–H groups in total. The zero-order valence-corrected chi connectivity index (χ0v) is 16.6. The van der Waals surface area contributed by atoms with Crippen molar-refractivity contribution >= 4 is 23.2 Å². The number of rotatable bonds is 4. The fraction of sp³-hybridized carbons (Fsp3) is 0.429. The maximum Gasteiger partial charge on any atom is 0.120 e. The second-order valence-corrected chi connectivity index (χ2v) is 8.57. The number of nitrogens with zero attached hydrogens (tertiary/aromatic N) is 1. The van der Waals surface area contributed by atoms with Crippen LogP contribution in [0, 0.1) is 6.92 Å². The van der Waals surface area contributed by atoms with Crippen LogP contribution in [0.4, 0.5) is 0 Å². The van der Waals surface area contributed by atoms with E-state index in [0.29, 0.717) is 22.7 Å². The van der Waals surface area contributed by atoms with Crippen LogP contribution < -0.4 is 4.74 Å². The van der Waals surface area contributed by atoms with E-state index in [4.69, 9.17) is 27.9 Å². The van der Waals surface area contributed by atoms with E-state index in [1.165, 1.54) is 16.7 Å². The Morgan fingerprint density at radius 2 is 1.92 bits per heavy atom. The molecule has 1 saturated heterocycles. The van der Waals surface area contributed by atoms with Gasteiger partial charge in [0.1, 0.15) is 12.4 Å². The summed E-state index contributed by atoms with van der Waals surface area (Å²) in [5.74, 6) is 0.855. The fourth-order valence-corrected chi connectivity index (χ4v) is 4.79. The molecule has 26 heavy (non-hydrogen) atoms. The topological polar surface area (TPSA) is 32.7 Å². The molecule has 0 bridgehead atoms. The summed E-state index contributed by atoms with van der Waals surface area (Å²) in [5.41, 5.74) is 4.28. The monoisotopic (exact) mass is 391 g/mol. The van der Waals surface area contributed by atoms with Gasteiger partial charge in [-0.25, -0.2) is 0 Å².